The summed E-state index contributed by atoms with van der Waals surface area (Å²) >= 11 is 0. The molecule has 0 bridgehead atoms. The maximum atomic E-state index is 11.3. The number of aromatic nitrogens is 1. The van der Waals surface area contributed by atoms with Crippen molar-refractivity contribution in [3.05, 3.63) is 28.7 Å². The Bertz CT molecular complexity index is 319. The first-order valence-electron chi connectivity index (χ1n) is 5.76. The van der Waals surface area contributed by atoms with Gasteiger partial charge in [0.05, 0.1) is 0 Å². The number of hydrogen-bond donors (Lipinski definition) is 2. The Morgan fingerprint density at radius 1 is 1.27 bits per heavy atom. The van der Waals surface area contributed by atoms with Gasteiger partial charge in [0.15, 0.2) is 0 Å². The lowest BCUT2D eigenvalue weighted by Crippen LogP contribution is -2.13. The molecule has 0 unspecified atom stereocenters. The minimum absolute atomic E-state index is 0.0361. The van der Waals surface area contributed by atoms with E-state index >= 15 is 0 Å². The van der Waals surface area contributed by atoms with Gasteiger partial charge in [0, 0.05) is 12.7 Å². The summed E-state index contributed by atoms with van der Waals surface area (Å²) < 4.78 is 0. The van der Waals surface area contributed by atoms with Crippen LogP contribution in [0.4, 0.5) is 5.69 Å². The standard InChI is InChI=1S/C12H20N2O/c1-2-3-4-5-6-9-13-11-8-7-10-14-12(11)15/h7-8,10,13H,2-6,9H2,1H3,(H,14,15). The lowest BCUT2D eigenvalue weighted by atomic mass is 10.1. The van der Waals surface area contributed by atoms with Crippen molar-refractivity contribution in [3.63, 3.8) is 0 Å². The summed E-state index contributed by atoms with van der Waals surface area (Å²) in [5, 5.41) is 3.15. The number of rotatable bonds is 7. The molecule has 0 aromatic carbocycles. The maximum absolute atomic E-state index is 11.3. The van der Waals surface area contributed by atoms with Crippen molar-refractivity contribution in [1.82, 2.24) is 4.98 Å². The highest BCUT2D eigenvalue weighted by Gasteiger charge is 1.95. The van der Waals surface area contributed by atoms with Crippen LogP contribution in [0.3, 0.4) is 0 Å². The average Bonchev–Trinajstić information content (AvgIpc) is 2.25. The molecule has 15 heavy (non-hydrogen) atoms. The average molecular weight is 208 g/mol. The van der Waals surface area contributed by atoms with Crippen molar-refractivity contribution >= 4 is 5.69 Å². The highest BCUT2D eigenvalue weighted by Crippen LogP contribution is 2.03. The zero-order valence-corrected chi connectivity index (χ0v) is 9.38. The van der Waals surface area contributed by atoms with E-state index in [1.54, 1.807) is 6.20 Å². The van der Waals surface area contributed by atoms with E-state index in [1.165, 1.54) is 25.7 Å². The molecule has 3 heteroatoms. The molecule has 0 saturated carbocycles. The maximum Gasteiger partial charge on any atom is 0.271 e. The minimum Gasteiger partial charge on any atom is -0.381 e. The molecule has 0 atom stereocenters. The lowest BCUT2D eigenvalue weighted by molar-refractivity contribution is 0.645. The number of aromatic amines is 1. The summed E-state index contributed by atoms with van der Waals surface area (Å²) in [6.07, 6.45) is 7.90. The van der Waals surface area contributed by atoms with Gasteiger partial charge < -0.3 is 10.3 Å². The number of unbranched alkanes of at least 4 members (excludes halogenated alkanes) is 4. The highest BCUT2D eigenvalue weighted by atomic mass is 16.1. The Hall–Kier alpha value is -1.25. The quantitative estimate of drug-likeness (QED) is 0.677. The van der Waals surface area contributed by atoms with Gasteiger partial charge in [-0.1, -0.05) is 32.6 Å². The molecule has 3 nitrogen and oxygen atoms in total. The van der Waals surface area contributed by atoms with E-state index in [1.807, 2.05) is 12.1 Å². The summed E-state index contributed by atoms with van der Waals surface area (Å²) in [7, 11) is 0. The molecule has 0 aliphatic heterocycles. The van der Waals surface area contributed by atoms with Crippen LogP contribution in [0.2, 0.25) is 0 Å². The van der Waals surface area contributed by atoms with Gasteiger partial charge in [-0.25, -0.2) is 0 Å². The van der Waals surface area contributed by atoms with Crippen LogP contribution in [0, 0.1) is 0 Å². The molecule has 1 heterocycles. The monoisotopic (exact) mass is 208 g/mol. The third kappa shape index (κ3) is 4.68. The first-order valence-corrected chi connectivity index (χ1v) is 5.76. The summed E-state index contributed by atoms with van der Waals surface area (Å²) in [6.45, 7) is 3.10. The van der Waals surface area contributed by atoms with Gasteiger partial charge in [-0.2, -0.15) is 0 Å². The molecule has 0 saturated heterocycles. The zero-order valence-electron chi connectivity index (χ0n) is 9.38. The van der Waals surface area contributed by atoms with E-state index in [9.17, 15) is 4.79 Å². The van der Waals surface area contributed by atoms with Crippen LogP contribution in [0.15, 0.2) is 23.1 Å². The summed E-state index contributed by atoms with van der Waals surface area (Å²) in [4.78, 5) is 13.9. The van der Waals surface area contributed by atoms with Gasteiger partial charge in [0.2, 0.25) is 0 Å². The predicted molar refractivity (Wildman–Crippen MR) is 64.3 cm³/mol. The van der Waals surface area contributed by atoms with Crippen LogP contribution < -0.4 is 10.9 Å². The topological polar surface area (TPSA) is 44.9 Å². The van der Waals surface area contributed by atoms with Crippen molar-refractivity contribution in [2.45, 2.75) is 39.0 Å². The van der Waals surface area contributed by atoms with E-state index in [0.29, 0.717) is 5.69 Å². The fraction of sp³-hybridized carbons (Fsp3) is 0.583. The number of H-pyrrole nitrogens is 1. The van der Waals surface area contributed by atoms with Gasteiger partial charge in [0.1, 0.15) is 5.69 Å². The van der Waals surface area contributed by atoms with Crippen molar-refractivity contribution in [2.75, 3.05) is 11.9 Å². The van der Waals surface area contributed by atoms with E-state index in [2.05, 4.69) is 17.2 Å². The Morgan fingerprint density at radius 2 is 2.07 bits per heavy atom. The van der Waals surface area contributed by atoms with Crippen LogP contribution in [0.25, 0.3) is 0 Å². The first-order chi connectivity index (χ1) is 7.34. The van der Waals surface area contributed by atoms with E-state index in [0.717, 1.165) is 13.0 Å². The van der Waals surface area contributed by atoms with Crippen LogP contribution in [-0.2, 0) is 0 Å². The van der Waals surface area contributed by atoms with Crippen LogP contribution in [-0.4, -0.2) is 11.5 Å². The summed E-state index contributed by atoms with van der Waals surface area (Å²) in [6, 6.07) is 3.64. The largest absolute Gasteiger partial charge is 0.381 e. The normalized spacial score (nSPS) is 10.2. The van der Waals surface area contributed by atoms with E-state index in [-0.39, 0.29) is 5.56 Å². The third-order valence-corrected chi connectivity index (χ3v) is 2.41. The predicted octanol–water partition coefficient (Wildman–Crippen LogP) is 2.76. The highest BCUT2D eigenvalue weighted by molar-refractivity contribution is 5.39. The first kappa shape index (κ1) is 11.8. The molecule has 0 radical (unpaired) electrons. The van der Waals surface area contributed by atoms with Crippen molar-refractivity contribution in [3.8, 4) is 0 Å². The number of anilines is 1. The second kappa shape index (κ2) is 7.10. The molecule has 2 N–H and O–H groups in total. The minimum atomic E-state index is -0.0361. The number of hydrogen-bond acceptors (Lipinski definition) is 2. The number of nitrogens with one attached hydrogen (secondary N) is 2. The van der Waals surface area contributed by atoms with Gasteiger partial charge >= 0.3 is 0 Å². The SMILES string of the molecule is CCCCCCCNc1ccc[nH]c1=O. The second-order valence-corrected chi connectivity index (χ2v) is 3.75. The molecule has 0 aliphatic rings. The molecule has 0 spiro atoms. The Morgan fingerprint density at radius 3 is 2.80 bits per heavy atom. The smallest absolute Gasteiger partial charge is 0.271 e. The molecule has 0 fully saturated rings. The fourth-order valence-electron chi connectivity index (χ4n) is 1.51. The van der Waals surface area contributed by atoms with E-state index < -0.39 is 0 Å². The fourth-order valence-corrected chi connectivity index (χ4v) is 1.51. The Kier molecular flexibility index (Phi) is 5.59. The third-order valence-electron chi connectivity index (χ3n) is 2.41. The van der Waals surface area contributed by atoms with Crippen LogP contribution >= 0.6 is 0 Å². The van der Waals surface area contributed by atoms with Crippen LogP contribution in [0.1, 0.15) is 39.0 Å². The molecular weight excluding hydrogens is 188 g/mol. The molecule has 1 aromatic heterocycles. The Labute approximate surface area is 90.9 Å². The summed E-state index contributed by atoms with van der Waals surface area (Å²) in [5.74, 6) is 0. The Balaban J connectivity index is 2.15. The second-order valence-electron chi connectivity index (χ2n) is 3.75. The van der Waals surface area contributed by atoms with Crippen molar-refractivity contribution in [1.29, 1.82) is 0 Å². The van der Waals surface area contributed by atoms with Gasteiger partial charge in [-0.3, -0.25) is 4.79 Å². The number of pyridine rings is 1. The summed E-state index contributed by atoms with van der Waals surface area (Å²) in [5.41, 5.74) is 0.638. The molecule has 1 rings (SSSR count). The van der Waals surface area contributed by atoms with Crippen LogP contribution in [0.5, 0.6) is 0 Å². The zero-order chi connectivity index (χ0) is 10.9. The van der Waals surface area contributed by atoms with E-state index in [4.69, 9.17) is 0 Å². The lowest BCUT2D eigenvalue weighted by Gasteiger charge is -2.04. The molecule has 1 aromatic rings. The molecular formula is C12H20N2O. The van der Waals surface area contributed by atoms with Crippen molar-refractivity contribution in [2.24, 2.45) is 0 Å². The van der Waals surface area contributed by atoms with Gasteiger partial charge in [0.25, 0.3) is 5.56 Å². The van der Waals surface area contributed by atoms with Crippen molar-refractivity contribution < 1.29 is 0 Å². The van der Waals surface area contributed by atoms with Gasteiger partial charge in [-0.05, 0) is 18.6 Å². The van der Waals surface area contributed by atoms with Gasteiger partial charge in [-0.15, -0.1) is 0 Å². The molecule has 84 valence electrons. The molecule has 0 amide bonds. The molecule has 0 aliphatic carbocycles.